The van der Waals surface area contributed by atoms with Gasteiger partial charge in [0.05, 0.1) is 16.8 Å². The van der Waals surface area contributed by atoms with Gasteiger partial charge in [0.1, 0.15) is 0 Å². The summed E-state index contributed by atoms with van der Waals surface area (Å²) in [5, 5.41) is 0. The molecule has 0 bridgehead atoms. The molecule has 1 aromatic carbocycles. The second-order valence-electron chi connectivity index (χ2n) is 4.64. The van der Waals surface area contributed by atoms with Crippen LogP contribution in [0.2, 0.25) is 0 Å². The van der Waals surface area contributed by atoms with Crippen molar-refractivity contribution in [3.05, 3.63) is 29.3 Å². The minimum Gasteiger partial charge on any atom is -0.371 e. The van der Waals surface area contributed by atoms with Crippen LogP contribution in [0, 0.1) is 0 Å². The van der Waals surface area contributed by atoms with E-state index in [9.17, 15) is 18.0 Å². The van der Waals surface area contributed by atoms with Crippen molar-refractivity contribution >= 4 is 11.6 Å². The van der Waals surface area contributed by atoms with Gasteiger partial charge in [-0.05, 0) is 37.5 Å². The molecule has 6 heteroatoms. The van der Waals surface area contributed by atoms with E-state index >= 15 is 0 Å². The summed E-state index contributed by atoms with van der Waals surface area (Å²) < 4.78 is 38.2. The van der Waals surface area contributed by atoms with Gasteiger partial charge in [-0.15, -0.1) is 0 Å². The number of halogens is 3. The normalized spacial score (nSPS) is 16.5. The van der Waals surface area contributed by atoms with Crippen molar-refractivity contribution in [1.82, 2.24) is 0 Å². The quantitative estimate of drug-likeness (QED) is 0.899. The molecule has 1 aromatic rings. The summed E-state index contributed by atoms with van der Waals surface area (Å²) >= 11 is 0. The maximum Gasteiger partial charge on any atom is 0.416 e. The second-order valence-corrected chi connectivity index (χ2v) is 4.64. The van der Waals surface area contributed by atoms with Crippen molar-refractivity contribution in [3.8, 4) is 0 Å². The van der Waals surface area contributed by atoms with E-state index in [4.69, 9.17) is 5.73 Å². The molecule has 104 valence electrons. The number of carbonyl (C=O) groups excluding carboxylic acids is 1. The SMILES string of the molecule is NC(=O)c1ccc(C(F)(F)F)cc1N1CCCCC1. The van der Waals surface area contributed by atoms with Gasteiger partial charge in [-0.2, -0.15) is 13.2 Å². The number of nitrogens with two attached hydrogens (primary N) is 1. The number of hydrogen-bond donors (Lipinski definition) is 1. The zero-order valence-corrected chi connectivity index (χ0v) is 10.3. The molecule has 1 saturated heterocycles. The number of hydrogen-bond acceptors (Lipinski definition) is 2. The van der Waals surface area contributed by atoms with E-state index in [2.05, 4.69) is 0 Å². The molecule has 0 atom stereocenters. The molecule has 1 fully saturated rings. The number of carbonyl (C=O) groups is 1. The number of anilines is 1. The zero-order chi connectivity index (χ0) is 14.0. The summed E-state index contributed by atoms with van der Waals surface area (Å²) in [5.74, 6) is -0.700. The Morgan fingerprint density at radius 1 is 1.16 bits per heavy atom. The first-order valence-electron chi connectivity index (χ1n) is 6.15. The molecule has 0 unspecified atom stereocenters. The summed E-state index contributed by atoms with van der Waals surface area (Å²) in [6.45, 7) is 1.31. The highest BCUT2D eigenvalue weighted by atomic mass is 19.4. The second kappa shape index (κ2) is 5.11. The van der Waals surface area contributed by atoms with Crippen LogP contribution in [0.1, 0.15) is 35.2 Å². The largest absolute Gasteiger partial charge is 0.416 e. The monoisotopic (exact) mass is 272 g/mol. The maximum absolute atomic E-state index is 12.7. The first-order valence-corrected chi connectivity index (χ1v) is 6.15. The molecule has 0 aromatic heterocycles. The van der Waals surface area contributed by atoms with Gasteiger partial charge in [0, 0.05) is 13.1 Å². The highest BCUT2D eigenvalue weighted by molar-refractivity contribution is 5.98. The van der Waals surface area contributed by atoms with E-state index in [-0.39, 0.29) is 5.56 Å². The standard InChI is InChI=1S/C13H15F3N2O/c14-13(15,16)9-4-5-10(12(17)19)11(8-9)18-6-2-1-3-7-18/h4-5,8H,1-3,6-7H2,(H2,17,19). The van der Waals surface area contributed by atoms with Crippen LogP contribution < -0.4 is 10.6 Å². The van der Waals surface area contributed by atoms with Crippen LogP contribution in [-0.4, -0.2) is 19.0 Å². The smallest absolute Gasteiger partial charge is 0.371 e. The fourth-order valence-electron chi connectivity index (χ4n) is 2.31. The Morgan fingerprint density at radius 2 is 1.79 bits per heavy atom. The topological polar surface area (TPSA) is 46.3 Å². The lowest BCUT2D eigenvalue weighted by Crippen LogP contribution is -2.32. The third-order valence-electron chi connectivity index (χ3n) is 3.29. The Labute approximate surface area is 109 Å². The Hall–Kier alpha value is -1.72. The molecular formula is C13H15F3N2O. The van der Waals surface area contributed by atoms with Crippen LogP contribution in [0.5, 0.6) is 0 Å². The fourth-order valence-corrected chi connectivity index (χ4v) is 2.31. The first-order chi connectivity index (χ1) is 8.89. The molecule has 2 rings (SSSR count). The van der Waals surface area contributed by atoms with Crippen molar-refractivity contribution in [1.29, 1.82) is 0 Å². The summed E-state index contributed by atoms with van der Waals surface area (Å²) in [7, 11) is 0. The van der Waals surface area contributed by atoms with Gasteiger partial charge >= 0.3 is 6.18 Å². The van der Waals surface area contributed by atoms with Crippen molar-refractivity contribution in [2.45, 2.75) is 25.4 Å². The van der Waals surface area contributed by atoms with Gasteiger partial charge in [-0.1, -0.05) is 0 Å². The average Bonchev–Trinajstić information content (AvgIpc) is 2.38. The number of primary amides is 1. The molecular weight excluding hydrogens is 257 g/mol. The lowest BCUT2D eigenvalue weighted by atomic mass is 10.0. The van der Waals surface area contributed by atoms with E-state index in [0.29, 0.717) is 18.8 Å². The van der Waals surface area contributed by atoms with Crippen molar-refractivity contribution in [3.63, 3.8) is 0 Å². The predicted molar refractivity (Wildman–Crippen MR) is 66.0 cm³/mol. The molecule has 0 saturated carbocycles. The number of benzene rings is 1. The average molecular weight is 272 g/mol. The van der Waals surface area contributed by atoms with Crippen LogP contribution in [-0.2, 0) is 6.18 Å². The van der Waals surface area contributed by atoms with Crippen LogP contribution in [0.4, 0.5) is 18.9 Å². The minimum absolute atomic E-state index is 0.148. The highest BCUT2D eigenvalue weighted by Gasteiger charge is 2.32. The lowest BCUT2D eigenvalue weighted by Gasteiger charge is -2.30. The van der Waals surface area contributed by atoms with Gasteiger partial charge in [0.2, 0.25) is 0 Å². The van der Waals surface area contributed by atoms with Gasteiger partial charge < -0.3 is 10.6 Å². The van der Waals surface area contributed by atoms with Crippen molar-refractivity contribution < 1.29 is 18.0 Å². The van der Waals surface area contributed by atoms with Gasteiger partial charge in [0.15, 0.2) is 0 Å². The number of piperidine rings is 1. The summed E-state index contributed by atoms with van der Waals surface area (Å²) in [4.78, 5) is 13.1. The molecule has 0 radical (unpaired) electrons. The third-order valence-corrected chi connectivity index (χ3v) is 3.29. The number of nitrogens with zero attached hydrogens (tertiary/aromatic N) is 1. The van der Waals surface area contributed by atoms with E-state index in [1.807, 2.05) is 0 Å². The first kappa shape index (κ1) is 13.7. The van der Waals surface area contributed by atoms with Crippen LogP contribution in [0.15, 0.2) is 18.2 Å². The van der Waals surface area contributed by atoms with E-state index in [1.165, 1.54) is 0 Å². The zero-order valence-electron chi connectivity index (χ0n) is 10.3. The summed E-state index contributed by atoms with van der Waals surface area (Å²) in [6.07, 6.45) is -1.54. The van der Waals surface area contributed by atoms with Crippen LogP contribution in [0.25, 0.3) is 0 Å². The Kier molecular flexibility index (Phi) is 3.68. The minimum atomic E-state index is -4.42. The molecule has 1 aliphatic heterocycles. The highest BCUT2D eigenvalue weighted by Crippen LogP contribution is 2.34. The number of alkyl halides is 3. The summed E-state index contributed by atoms with van der Waals surface area (Å²) in [6, 6.07) is 3.08. The van der Waals surface area contributed by atoms with E-state index in [0.717, 1.165) is 37.5 Å². The Bertz CT molecular complexity index is 479. The van der Waals surface area contributed by atoms with Crippen LogP contribution >= 0.6 is 0 Å². The molecule has 2 N–H and O–H groups in total. The predicted octanol–water partition coefficient (Wildman–Crippen LogP) is 2.79. The Balaban J connectivity index is 2.44. The summed E-state index contributed by atoms with van der Waals surface area (Å²) in [5.41, 5.74) is 4.92. The van der Waals surface area contributed by atoms with Gasteiger partial charge in [-0.25, -0.2) is 0 Å². The molecule has 3 nitrogen and oxygen atoms in total. The number of rotatable bonds is 2. The van der Waals surface area contributed by atoms with E-state index < -0.39 is 17.6 Å². The molecule has 1 aliphatic rings. The molecule has 1 amide bonds. The maximum atomic E-state index is 12.7. The van der Waals surface area contributed by atoms with Gasteiger partial charge in [0.25, 0.3) is 5.91 Å². The van der Waals surface area contributed by atoms with Crippen molar-refractivity contribution in [2.24, 2.45) is 5.73 Å². The number of amides is 1. The molecule has 19 heavy (non-hydrogen) atoms. The Morgan fingerprint density at radius 3 is 2.32 bits per heavy atom. The third kappa shape index (κ3) is 3.00. The molecule has 0 spiro atoms. The van der Waals surface area contributed by atoms with Crippen molar-refractivity contribution in [2.75, 3.05) is 18.0 Å². The van der Waals surface area contributed by atoms with Crippen LogP contribution in [0.3, 0.4) is 0 Å². The fraction of sp³-hybridized carbons (Fsp3) is 0.462. The lowest BCUT2D eigenvalue weighted by molar-refractivity contribution is -0.137. The van der Waals surface area contributed by atoms with Gasteiger partial charge in [-0.3, -0.25) is 4.79 Å². The molecule has 1 heterocycles. The molecule has 0 aliphatic carbocycles. The van der Waals surface area contributed by atoms with E-state index in [1.54, 1.807) is 4.90 Å².